The Balaban J connectivity index is 2.02. The number of anilines is 1. The summed E-state index contributed by atoms with van der Waals surface area (Å²) >= 11 is 0. The Kier molecular flexibility index (Phi) is 3.69. The van der Waals surface area contributed by atoms with E-state index in [0.29, 0.717) is 18.2 Å². The van der Waals surface area contributed by atoms with Crippen LogP contribution in [0.3, 0.4) is 0 Å². The van der Waals surface area contributed by atoms with Crippen molar-refractivity contribution in [3.8, 4) is 6.07 Å². The van der Waals surface area contributed by atoms with Crippen LogP contribution < -0.4 is 5.32 Å². The van der Waals surface area contributed by atoms with Gasteiger partial charge < -0.3 is 9.73 Å². The summed E-state index contributed by atoms with van der Waals surface area (Å²) in [7, 11) is 0. The lowest BCUT2D eigenvalue weighted by Gasteiger charge is -2.09. The van der Waals surface area contributed by atoms with Gasteiger partial charge in [-0.1, -0.05) is 26.0 Å². The normalized spacial score (nSPS) is 10.3. The van der Waals surface area contributed by atoms with Crippen LogP contribution in [0.25, 0.3) is 0 Å². The van der Waals surface area contributed by atoms with E-state index in [0.717, 1.165) is 11.4 Å². The molecule has 1 heterocycles. The van der Waals surface area contributed by atoms with Gasteiger partial charge in [0, 0.05) is 5.69 Å². The molecule has 0 spiro atoms. The molecule has 92 valence electrons. The molecule has 18 heavy (non-hydrogen) atoms. The van der Waals surface area contributed by atoms with Crippen molar-refractivity contribution in [1.29, 1.82) is 5.26 Å². The number of hydrogen-bond donors (Lipinski definition) is 1. The predicted molar refractivity (Wildman–Crippen MR) is 71.3 cm³/mol. The van der Waals surface area contributed by atoms with Crippen molar-refractivity contribution in [3.63, 3.8) is 0 Å². The topological polar surface area (TPSA) is 49.0 Å². The van der Waals surface area contributed by atoms with Gasteiger partial charge in [-0.15, -0.1) is 0 Å². The average molecular weight is 240 g/mol. The summed E-state index contributed by atoms with van der Waals surface area (Å²) < 4.78 is 5.31. The van der Waals surface area contributed by atoms with Crippen molar-refractivity contribution in [2.24, 2.45) is 0 Å². The average Bonchev–Trinajstić information content (AvgIpc) is 2.84. The molecule has 2 rings (SSSR count). The van der Waals surface area contributed by atoms with Crippen LogP contribution in [0.5, 0.6) is 0 Å². The minimum absolute atomic E-state index is 0.350. The molecule has 1 N–H and O–H groups in total. The molecule has 0 aliphatic heterocycles. The van der Waals surface area contributed by atoms with E-state index in [-0.39, 0.29) is 0 Å². The molecule has 3 nitrogen and oxygen atoms in total. The third kappa shape index (κ3) is 2.92. The van der Waals surface area contributed by atoms with Crippen molar-refractivity contribution in [2.45, 2.75) is 26.3 Å². The minimum atomic E-state index is 0.350. The molecule has 0 saturated heterocycles. The second kappa shape index (κ2) is 5.42. The van der Waals surface area contributed by atoms with Gasteiger partial charge in [0.1, 0.15) is 11.8 Å². The first-order valence-corrected chi connectivity index (χ1v) is 6.01. The Morgan fingerprint density at radius 1 is 1.28 bits per heavy atom. The first-order valence-electron chi connectivity index (χ1n) is 6.01. The van der Waals surface area contributed by atoms with E-state index in [1.807, 2.05) is 24.3 Å². The number of nitrogens with zero attached hydrogens (tertiary/aromatic N) is 1. The Morgan fingerprint density at radius 3 is 2.78 bits per heavy atom. The Hall–Kier alpha value is -2.21. The molecular weight excluding hydrogens is 224 g/mol. The fraction of sp³-hybridized carbons (Fsp3) is 0.267. The lowest BCUT2D eigenvalue weighted by Crippen LogP contribution is -1.99. The van der Waals surface area contributed by atoms with E-state index in [4.69, 9.17) is 9.68 Å². The Labute approximate surface area is 107 Å². The summed E-state index contributed by atoms with van der Waals surface area (Å²) in [5.41, 5.74) is 2.37. The number of benzene rings is 1. The highest BCUT2D eigenvalue weighted by molar-refractivity contribution is 5.46. The lowest BCUT2D eigenvalue weighted by molar-refractivity contribution is 0.506. The molecule has 0 fully saturated rings. The molecule has 1 aromatic carbocycles. The second-order valence-electron chi connectivity index (χ2n) is 4.51. The molecule has 0 amide bonds. The van der Waals surface area contributed by atoms with E-state index >= 15 is 0 Å². The van der Waals surface area contributed by atoms with E-state index in [1.54, 1.807) is 6.07 Å². The van der Waals surface area contributed by atoms with E-state index in [9.17, 15) is 0 Å². The zero-order valence-electron chi connectivity index (χ0n) is 10.6. The SMILES string of the molecule is CC(C)c1cccc(NCc2ccc(C#N)o2)c1. The van der Waals surface area contributed by atoms with E-state index in [2.05, 4.69) is 31.3 Å². The van der Waals surface area contributed by atoms with Crippen molar-refractivity contribution < 1.29 is 4.42 Å². The molecule has 0 unspecified atom stereocenters. The molecule has 0 bridgehead atoms. The maximum absolute atomic E-state index is 8.67. The molecule has 3 heteroatoms. The van der Waals surface area contributed by atoms with Crippen LogP contribution in [0.15, 0.2) is 40.8 Å². The van der Waals surface area contributed by atoms with Crippen LogP contribution in [0, 0.1) is 11.3 Å². The summed E-state index contributed by atoms with van der Waals surface area (Å²) in [6.45, 7) is 4.93. The first kappa shape index (κ1) is 12.3. The number of rotatable bonds is 4. The zero-order valence-corrected chi connectivity index (χ0v) is 10.6. The number of furan rings is 1. The fourth-order valence-electron chi connectivity index (χ4n) is 1.73. The van der Waals surface area contributed by atoms with Gasteiger partial charge in [0.25, 0.3) is 0 Å². The lowest BCUT2D eigenvalue weighted by atomic mass is 10.0. The highest BCUT2D eigenvalue weighted by atomic mass is 16.3. The van der Waals surface area contributed by atoms with Crippen molar-refractivity contribution in [1.82, 2.24) is 0 Å². The Morgan fingerprint density at radius 2 is 2.11 bits per heavy atom. The molecule has 0 saturated carbocycles. The van der Waals surface area contributed by atoms with Crippen molar-refractivity contribution in [2.75, 3.05) is 5.32 Å². The molecule has 0 atom stereocenters. The number of nitriles is 1. The third-order valence-electron chi connectivity index (χ3n) is 2.79. The smallest absolute Gasteiger partial charge is 0.203 e. The first-order chi connectivity index (χ1) is 8.69. The van der Waals surface area contributed by atoms with Crippen molar-refractivity contribution in [3.05, 3.63) is 53.5 Å². The zero-order chi connectivity index (χ0) is 13.0. The quantitative estimate of drug-likeness (QED) is 0.882. The summed E-state index contributed by atoms with van der Waals surface area (Å²) in [5.74, 6) is 1.63. The summed E-state index contributed by atoms with van der Waals surface area (Å²) in [5, 5.41) is 12.0. The third-order valence-corrected chi connectivity index (χ3v) is 2.79. The highest BCUT2D eigenvalue weighted by Gasteiger charge is 2.02. The summed E-state index contributed by atoms with van der Waals surface area (Å²) in [4.78, 5) is 0. The van der Waals surface area contributed by atoms with Gasteiger partial charge >= 0.3 is 0 Å². The van der Waals surface area contributed by atoms with Gasteiger partial charge in [0.2, 0.25) is 5.76 Å². The van der Waals surface area contributed by atoms with Crippen LogP contribution in [-0.2, 0) is 6.54 Å². The molecule has 2 aromatic rings. The molecule has 0 radical (unpaired) electrons. The van der Waals surface area contributed by atoms with Crippen LogP contribution in [0.4, 0.5) is 5.69 Å². The van der Waals surface area contributed by atoms with Crippen LogP contribution in [0.2, 0.25) is 0 Å². The maximum Gasteiger partial charge on any atom is 0.203 e. The summed E-state index contributed by atoms with van der Waals surface area (Å²) in [6.07, 6.45) is 0. The van der Waals surface area contributed by atoms with Gasteiger partial charge in [-0.2, -0.15) is 5.26 Å². The van der Waals surface area contributed by atoms with Crippen LogP contribution in [0.1, 0.15) is 36.8 Å². The monoisotopic (exact) mass is 240 g/mol. The fourth-order valence-corrected chi connectivity index (χ4v) is 1.73. The Bertz CT molecular complexity index is 564. The molecule has 0 aliphatic rings. The van der Waals surface area contributed by atoms with Gasteiger partial charge in [-0.25, -0.2) is 0 Å². The summed E-state index contributed by atoms with van der Waals surface area (Å²) in [6, 6.07) is 13.8. The van der Waals surface area contributed by atoms with Crippen molar-refractivity contribution >= 4 is 5.69 Å². The number of nitrogens with one attached hydrogen (secondary N) is 1. The molecule has 1 aromatic heterocycles. The predicted octanol–water partition coefficient (Wildman–Crippen LogP) is 3.89. The van der Waals surface area contributed by atoms with Gasteiger partial charge in [-0.3, -0.25) is 0 Å². The largest absolute Gasteiger partial charge is 0.449 e. The number of hydrogen-bond acceptors (Lipinski definition) is 3. The molecule has 0 aliphatic carbocycles. The van der Waals surface area contributed by atoms with E-state index in [1.165, 1.54) is 5.56 Å². The van der Waals surface area contributed by atoms with Crippen LogP contribution >= 0.6 is 0 Å². The molecular formula is C15H16N2O. The second-order valence-corrected chi connectivity index (χ2v) is 4.51. The highest BCUT2D eigenvalue weighted by Crippen LogP contribution is 2.19. The maximum atomic E-state index is 8.67. The van der Waals surface area contributed by atoms with Gasteiger partial charge in [0.15, 0.2) is 0 Å². The van der Waals surface area contributed by atoms with E-state index < -0.39 is 0 Å². The standard InChI is InChI=1S/C15H16N2O/c1-11(2)12-4-3-5-13(8-12)17-10-15-7-6-14(9-16)18-15/h3-8,11,17H,10H2,1-2H3. The van der Waals surface area contributed by atoms with Crippen LogP contribution in [-0.4, -0.2) is 0 Å². The van der Waals surface area contributed by atoms with Gasteiger partial charge in [-0.05, 0) is 35.7 Å². The van der Waals surface area contributed by atoms with Gasteiger partial charge in [0.05, 0.1) is 6.54 Å². The minimum Gasteiger partial charge on any atom is -0.449 e.